The van der Waals surface area contributed by atoms with Crippen molar-refractivity contribution in [3.63, 3.8) is 0 Å². The molecule has 19 heavy (non-hydrogen) atoms. The van der Waals surface area contributed by atoms with Crippen LogP contribution in [-0.4, -0.2) is 27.0 Å². The molecule has 0 aliphatic carbocycles. The van der Waals surface area contributed by atoms with Crippen molar-refractivity contribution in [3.8, 4) is 0 Å². The number of nitrogens with zero attached hydrogens (tertiary/aromatic N) is 2. The van der Waals surface area contributed by atoms with Gasteiger partial charge in [-0.3, -0.25) is 9.48 Å². The molecule has 0 radical (unpaired) electrons. The third-order valence-corrected chi connectivity index (χ3v) is 2.89. The number of carboxylic acid groups (broad SMARTS) is 1. The molecular weight excluding hydrogens is 261 g/mol. The minimum absolute atomic E-state index is 0.120. The smallest absolute Gasteiger partial charge is 0.397 e. The number of aliphatic carboxylic acids is 1. The average Bonchev–Trinajstić information content (AvgIpc) is 2.60. The summed E-state index contributed by atoms with van der Waals surface area (Å²) in [5.74, 6) is -3.56. The Kier molecular flexibility index (Phi) is 3.21. The molecule has 0 spiro atoms. The SMILES string of the molecule is Cn1nc2ccccc2c1C(CC(=O)O)C(F)(F)F. The zero-order valence-corrected chi connectivity index (χ0v) is 9.98. The van der Waals surface area contributed by atoms with Gasteiger partial charge in [-0.2, -0.15) is 18.3 Å². The molecule has 7 heteroatoms. The highest BCUT2D eigenvalue weighted by atomic mass is 19.4. The number of hydrogen-bond acceptors (Lipinski definition) is 2. The van der Waals surface area contributed by atoms with Gasteiger partial charge in [-0.25, -0.2) is 0 Å². The van der Waals surface area contributed by atoms with E-state index in [0.29, 0.717) is 10.9 Å². The summed E-state index contributed by atoms with van der Waals surface area (Å²) in [5, 5.41) is 13.0. The van der Waals surface area contributed by atoms with Crippen LogP contribution in [0.4, 0.5) is 13.2 Å². The molecule has 0 bridgehead atoms. The molecule has 0 saturated heterocycles. The van der Waals surface area contributed by atoms with Gasteiger partial charge in [0, 0.05) is 12.4 Å². The summed E-state index contributed by atoms with van der Waals surface area (Å²) in [6, 6.07) is 6.37. The zero-order chi connectivity index (χ0) is 14.2. The Morgan fingerprint density at radius 1 is 1.42 bits per heavy atom. The Bertz CT molecular complexity index is 619. The van der Waals surface area contributed by atoms with E-state index in [2.05, 4.69) is 5.10 Å². The van der Waals surface area contributed by atoms with Gasteiger partial charge in [0.2, 0.25) is 0 Å². The highest BCUT2D eigenvalue weighted by Crippen LogP contribution is 2.40. The van der Waals surface area contributed by atoms with E-state index < -0.39 is 24.5 Å². The van der Waals surface area contributed by atoms with Crippen LogP contribution in [0.3, 0.4) is 0 Å². The number of aromatic nitrogens is 2. The molecule has 1 aromatic heterocycles. The molecule has 0 fully saturated rings. The summed E-state index contributed by atoms with van der Waals surface area (Å²) < 4.78 is 40.2. The molecule has 0 aliphatic rings. The monoisotopic (exact) mass is 272 g/mol. The lowest BCUT2D eigenvalue weighted by molar-refractivity contribution is -0.164. The van der Waals surface area contributed by atoms with Crippen LogP contribution in [0.25, 0.3) is 10.9 Å². The highest BCUT2D eigenvalue weighted by Gasteiger charge is 2.44. The number of benzene rings is 1. The lowest BCUT2D eigenvalue weighted by Crippen LogP contribution is -2.25. The van der Waals surface area contributed by atoms with Crippen LogP contribution < -0.4 is 0 Å². The molecule has 1 heterocycles. The number of halogens is 3. The number of carboxylic acids is 1. The van der Waals surface area contributed by atoms with Crippen LogP contribution in [0, 0.1) is 0 Å². The fourth-order valence-corrected chi connectivity index (χ4v) is 2.12. The molecule has 102 valence electrons. The molecule has 4 nitrogen and oxygen atoms in total. The predicted octanol–water partition coefficient (Wildman–Crippen LogP) is 2.69. The summed E-state index contributed by atoms with van der Waals surface area (Å²) in [4.78, 5) is 10.7. The molecule has 0 amide bonds. The van der Waals surface area contributed by atoms with Gasteiger partial charge in [-0.15, -0.1) is 0 Å². The molecule has 1 aromatic carbocycles. The van der Waals surface area contributed by atoms with Crippen LogP contribution >= 0.6 is 0 Å². The molecule has 2 aromatic rings. The quantitative estimate of drug-likeness (QED) is 0.934. The van der Waals surface area contributed by atoms with Gasteiger partial charge in [0.1, 0.15) is 5.92 Å². The van der Waals surface area contributed by atoms with Gasteiger partial charge in [-0.05, 0) is 6.07 Å². The lowest BCUT2D eigenvalue weighted by atomic mass is 9.97. The Morgan fingerprint density at radius 2 is 2.05 bits per heavy atom. The average molecular weight is 272 g/mol. The molecule has 2 rings (SSSR count). The van der Waals surface area contributed by atoms with Crippen molar-refractivity contribution in [2.45, 2.75) is 18.5 Å². The Balaban J connectivity index is 2.62. The number of fused-ring (bicyclic) bond motifs is 1. The van der Waals surface area contributed by atoms with Crippen molar-refractivity contribution in [1.29, 1.82) is 0 Å². The van der Waals surface area contributed by atoms with Gasteiger partial charge in [-0.1, -0.05) is 18.2 Å². The standard InChI is InChI=1S/C12H11F3N2O2/c1-17-11(7-4-2-3-5-9(7)16-17)8(6-10(18)19)12(13,14)15/h2-5,8H,6H2,1H3,(H,18,19). The van der Waals surface area contributed by atoms with E-state index in [-0.39, 0.29) is 5.69 Å². The van der Waals surface area contributed by atoms with Gasteiger partial charge < -0.3 is 5.11 Å². The normalized spacial score (nSPS) is 13.7. The molecule has 0 saturated carbocycles. The first-order chi connectivity index (χ1) is 8.80. The molecule has 1 atom stereocenters. The van der Waals surface area contributed by atoms with E-state index in [9.17, 15) is 18.0 Å². The Labute approximate surface area is 106 Å². The maximum atomic E-state index is 13.0. The maximum absolute atomic E-state index is 13.0. The first-order valence-electron chi connectivity index (χ1n) is 5.51. The number of rotatable bonds is 3. The van der Waals surface area contributed by atoms with Crippen molar-refractivity contribution < 1.29 is 23.1 Å². The van der Waals surface area contributed by atoms with Crippen LogP contribution in [0.5, 0.6) is 0 Å². The highest BCUT2D eigenvalue weighted by molar-refractivity contribution is 5.83. The number of hydrogen-bond donors (Lipinski definition) is 1. The third-order valence-electron chi connectivity index (χ3n) is 2.89. The maximum Gasteiger partial charge on any atom is 0.397 e. The second-order valence-electron chi connectivity index (χ2n) is 4.22. The summed E-state index contributed by atoms with van der Waals surface area (Å²) >= 11 is 0. The van der Waals surface area contributed by atoms with Crippen molar-refractivity contribution >= 4 is 16.9 Å². The third kappa shape index (κ3) is 2.54. The van der Waals surface area contributed by atoms with Crippen molar-refractivity contribution in [1.82, 2.24) is 9.78 Å². The van der Waals surface area contributed by atoms with Crippen LogP contribution in [-0.2, 0) is 11.8 Å². The zero-order valence-electron chi connectivity index (χ0n) is 9.98. The fraction of sp³-hybridized carbons (Fsp3) is 0.333. The molecule has 1 N–H and O–H groups in total. The predicted molar refractivity (Wildman–Crippen MR) is 61.8 cm³/mol. The Morgan fingerprint density at radius 3 is 2.63 bits per heavy atom. The summed E-state index contributed by atoms with van der Waals surface area (Å²) in [6.45, 7) is 0. The van der Waals surface area contributed by atoms with E-state index >= 15 is 0 Å². The Hall–Kier alpha value is -2.05. The topological polar surface area (TPSA) is 55.1 Å². The van der Waals surface area contributed by atoms with Crippen molar-refractivity contribution in [2.24, 2.45) is 7.05 Å². The second-order valence-corrected chi connectivity index (χ2v) is 4.22. The van der Waals surface area contributed by atoms with Crippen LogP contribution in [0.1, 0.15) is 18.0 Å². The summed E-state index contributed by atoms with van der Waals surface area (Å²) in [5.41, 5.74) is 0.296. The van der Waals surface area contributed by atoms with E-state index in [1.807, 2.05) is 0 Å². The lowest BCUT2D eigenvalue weighted by Gasteiger charge is -2.19. The van der Waals surface area contributed by atoms with Crippen molar-refractivity contribution in [2.75, 3.05) is 0 Å². The number of carbonyl (C=O) groups is 1. The van der Waals surface area contributed by atoms with Gasteiger partial charge >= 0.3 is 12.1 Å². The van der Waals surface area contributed by atoms with E-state index in [1.165, 1.54) is 13.1 Å². The van der Waals surface area contributed by atoms with Crippen LogP contribution in [0.15, 0.2) is 24.3 Å². The molecular formula is C12H11F3N2O2. The first-order valence-corrected chi connectivity index (χ1v) is 5.51. The molecule has 0 aliphatic heterocycles. The molecule has 1 unspecified atom stereocenters. The second kappa shape index (κ2) is 4.56. The van der Waals surface area contributed by atoms with Crippen LogP contribution in [0.2, 0.25) is 0 Å². The van der Waals surface area contributed by atoms with E-state index in [0.717, 1.165) is 4.68 Å². The summed E-state index contributed by atoms with van der Waals surface area (Å²) in [6.07, 6.45) is -5.64. The van der Waals surface area contributed by atoms with Gasteiger partial charge in [0.15, 0.2) is 0 Å². The van der Waals surface area contributed by atoms with E-state index in [4.69, 9.17) is 5.11 Å². The minimum atomic E-state index is -4.63. The largest absolute Gasteiger partial charge is 0.481 e. The summed E-state index contributed by atoms with van der Waals surface area (Å²) in [7, 11) is 1.38. The van der Waals surface area contributed by atoms with E-state index in [1.54, 1.807) is 18.2 Å². The van der Waals surface area contributed by atoms with Crippen molar-refractivity contribution in [3.05, 3.63) is 30.0 Å². The minimum Gasteiger partial charge on any atom is -0.481 e. The number of alkyl halides is 3. The number of aryl methyl sites for hydroxylation is 1. The van der Waals surface area contributed by atoms with Gasteiger partial charge in [0.05, 0.1) is 17.6 Å². The first kappa shape index (κ1) is 13.4. The fourth-order valence-electron chi connectivity index (χ4n) is 2.12. The van der Waals surface area contributed by atoms with Gasteiger partial charge in [0.25, 0.3) is 0 Å².